The van der Waals surface area contributed by atoms with E-state index in [1.165, 1.54) is 0 Å². The van der Waals surface area contributed by atoms with Crippen LogP contribution < -0.4 is 10.1 Å². The maximum absolute atomic E-state index is 9.89. The SMILES string of the molecule is CC(C)(C#N)Nc1ccc(O)c(OCCC2COC(C)(C)O2)c1. The minimum absolute atomic E-state index is 0.00836. The van der Waals surface area contributed by atoms with E-state index in [4.69, 9.17) is 19.5 Å². The van der Waals surface area contributed by atoms with Gasteiger partial charge in [-0.2, -0.15) is 5.26 Å². The van der Waals surface area contributed by atoms with Gasteiger partial charge in [0.15, 0.2) is 17.3 Å². The summed E-state index contributed by atoms with van der Waals surface area (Å²) < 4.78 is 16.9. The van der Waals surface area contributed by atoms with Crippen LogP contribution in [0.1, 0.15) is 34.1 Å². The highest BCUT2D eigenvalue weighted by Crippen LogP contribution is 2.31. The van der Waals surface area contributed by atoms with E-state index in [1.54, 1.807) is 32.0 Å². The molecule has 1 atom stereocenters. The summed E-state index contributed by atoms with van der Waals surface area (Å²) in [7, 11) is 0. The lowest BCUT2D eigenvalue weighted by atomic mass is 10.1. The van der Waals surface area contributed by atoms with Gasteiger partial charge in [0.25, 0.3) is 0 Å². The first kappa shape index (κ1) is 17.4. The van der Waals surface area contributed by atoms with Gasteiger partial charge in [-0.3, -0.25) is 0 Å². The van der Waals surface area contributed by atoms with E-state index >= 15 is 0 Å². The van der Waals surface area contributed by atoms with Gasteiger partial charge in [-0.15, -0.1) is 0 Å². The Morgan fingerprint density at radius 1 is 1.48 bits per heavy atom. The number of rotatable bonds is 6. The lowest BCUT2D eigenvalue weighted by Gasteiger charge is -2.20. The summed E-state index contributed by atoms with van der Waals surface area (Å²) in [5, 5.41) is 22.0. The molecule has 0 bridgehead atoms. The first-order valence-corrected chi connectivity index (χ1v) is 7.68. The van der Waals surface area contributed by atoms with Crippen LogP contribution in [0.4, 0.5) is 5.69 Å². The maximum Gasteiger partial charge on any atom is 0.163 e. The molecular weight excluding hydrogens is 296 g/mol. The topological polar surface area (TPSA) is 83.7 Å². The zero-order chi connectivity index (χ0) is 17.1. The molecule has 2 rings (SSSR count). The second-order valence-corrected chi connectivity index (χ2v) is 6.63. The van der Waals surface area contributed by atoms with Crippen molar-refractivity contribution in [2.24, 2.45) is 0 Å². The monoisotopic (exact) mass is 320 g/mol. The summed E-state index contributed by atoms with van der Waals surface area (Å²) >= 11 is 0. The number of hydrogen-bond donors (Lipinski definition) is 2. The van der Waals surface area contributed by atoms with Crippen molar-refractivity contribution < 1.29 is 19.3 Å². The van der Waals surface area contributed by atoms with E-state index in [2.05, 4.69) is 11.4 Å². The molecule has 0 aliphatic carbocycles. The van der Waals surface area contributed by atoms with Gasteiger partial charge in [-0.05, 0) is 39.8 Å². The predicted octanol–water partition coefficient (Wildman–Crippen LogP) is 3.03. The number of benzene rings is 1. The minimum atomic E-state index is -0.700. The van der Waals surface area contributed by atoms with Crippen LogP contribution in [0.2, 0.25) is 0 Å². The molecule has 6 nitrogen and oxygen atoms in total. The Hall–Kier alpha value is -1.97. The zero-order valence-electron chi connectivity index (χ0n) is 14.0. The number of nitrogens with zero attached hydrogens (tertiary/aromatic N) is 1. The van der Waals surface area contributed by atoms with E-state index in [9.17, 15) is 5.11 Å². The molecule has 6 heteroatoms. The fourth-order valence-electron chi connectivity index (χ4n) is 2.30. The molecule has 1 unspecified atom stereocenters. The number of nitriles is 1. The smallest absolute Gasteiger partial charge is 0.163 e. The average Bonchev–Trinajstić information content (AvgIpc) is 2.81. The average molecular weight is 320 g/mol. The largest absolute Gasteiger partial charge is 0.504 e. The second kappa shape index (κ2) is 6.65. The quantitative estimate of drug-likeness (QED) is 0.784. The van der Waals surface area contributed by atoms with Crippen molar-refractivity contribution in [3.8, 4) is 17.6 Å². The normalized spacial score (nSPS) is 20.0. The molecule has 1 saturated heterocycles. The minimum Gasteiger partial charge on any atom is -0.504 e. The zero-order valence-corrected chi connectivity index (χ0v) is 14.0. The lowest BCUT2D eigenvalue weighted by Crippen LogP contribution is -2.28. The third-order valence-corrected chi connectivity index (χ3v) is 3.46. The Balaban J connectivity index is 1.91. The second-order valence-electron chi connectivity index (χ2n) is 6.63. The number of anilines is 1. The first-order valence-electron chi connectivity index (χ1n) is 7.68. The third-order valence-electron chi connectivity index (χ3n) is 3.46. The summed E-state index contributed by atoms with van der Waals surface area (Å²) in [4.78, 5) is 0. The number of aromatic hydroxyl groups is 1. The van der Waals surface area contributed by atoms with Crippen molar-refractivity contribution in [1.82, 2.24) is 0 Å². The highest BCUT2D eigenvalue weighted by atomic mass is 16.7. The van der Waals surface area contributed by atoms with Gasteiger partial charge >= 0.3 is 0 Å². The van der Waals surface area contributed by atoms with Gasteiger partial charge in [-0.1, -0.05) is 0 Å². The molecule has 0 spiro atoms. The predicted molar refractivity (Wildman–Crippen MR) is 86.4 cm³/mol. The van der Waals surface area contributed by atoms with Gasteiger partial charge in [-0.25, -0.2) is 0 Å². The van der Waals surface area contributed by atoms with Crippen LogP contribution in [0.25, 0.3) is 0 Å². The summed E-state index contributed by atoms with van der Waals surface area (Å²) in [5.74, 6) is -0.101. The van der Waals surface area contributed by atoms with Crippen LogP contribution in [0.5, 0.6) is 11.5 Å². The molecule has 0 saturated carbocycles. The maximum atomic E-state index is 9.89. The highest BCUT2D eigenvalue weighted by Gasteiger charge is 2.32. The van der Waals surface area contributed by atoms with Crippen molar-refractivity contribution in [3.05, 3.63) is 18.2 Å². The Morgan fingerprint density at radius 2 is 2.22 bits per heavy atom. The fourth-order valence-corrected chi connectivity index (χ4v) is 2.30. The molecule has 1 aromatic rings. The number of hydrogen-bond acceptors (Lipinski definition) is 6. The van der Waals surface area contributed by atoms with Crippen molar-refractivity contribution >= 4 is 5.69 Å². The standard InChI is InChI=1S/C17H24N2O4/c1-16(2,11-18)19-12-5-6-14(20)15(9-12)21-8-7-13-10-22-17(3,4)23-13/h5-6,9,13,19-20H,7-8,10H2,1-4H3. The van der Waals surface area contributed by atoms with Crippen LogP contribution in [-0.2, 0) is 9.47 Å². The molecule has 0 aromatic heterocycles. The van der Waals surface area contributed by atoms with Gasteiger partial charge in [0, 0.05) is 18.2 Å². The van der Waals surface area contributed by atoms with E-state index in [-0.39, 0.29) is 11.9 Å². The van der Waals surface area contributed by atoms with Gasteiger partial charge in [0.2, 0.25) is 0 Å². The van der Waals surface area contributed by atoms with E-state index in [1.807, 2.05) is 13.8 Å². The summed E-state index contributed by atoms with van der Waals surface area (Å²) in [5.41, 5.74) is 0.0143. The summed E-state index contributed by atoms with van der Waals surface area (Å²) in [6.45, 7) is 8.26. The van der Waals surface area contributed by atoms with E-state index in [0.717, 1.165) is 0 Å². The Labute approximate surface area is 137 Å². The van der Waals surface area contributed by atoms with Crippen LogP contribution >= 0.6 is 0 Å². The van der Waals surface area contributed by atoms with Gasteiger partial charge in [0.1, 0.15) is 5.54 Å². The van der Waals surface area contributed by atoms with Crippen molar-refractivity contribution in [3.63, 3.8) is 0 Å². The summed E-state index contributed by atoms with van der Waals surface area (Å²) in [6.07, 6.45) is 0.662. The molecule has 1 aliphatic heterocycles. The number of phenols is 1. The Morgan fingerprint density at radius 3 is 2.83 bits per heavy atom. The summed E-state index contributed by atoms with van der Waals surface area (Å²) in [6, 6.07) is 7.10. The number of phenolic OH excluding ortho intramolecular Hbond substituents is 1. The highest BCUT2D eigenvalue weighted by molar-refractivity contribution is 5.56. The number of ether oxygens (including phenoxy) is 3. The Bertz CT molecular complexity index is 593. The van der Waals surface area contributed by atoms with Crippen LogP contribution in [-0.4, -0.2) is 35.8 Å². The van der Waals surface area contributed by atoms with E-state index in [0.29, 0.717) is 31.1 Å². The molecule has 126 valence electrons. The molecule has 1 heterocycles. The van der Waals surface area contributed by atoms with Crippen LogP contribution in [0.15, 0.2) is 18.2 Å². The molecule has 0 radical (unpaired) electrons. The molecule has 1 fully saturated rings. The molecule has 1 aliphatic rings. The molecule has 0 amide bonds. The van der Waals surface area contributed by atoms with Crippen LogP contribution in [0, 0.1) is 11.3 Å². The molecule has 1 aromatic carbocycles. The molecule has 2 N–H and O–H groups in total. The van der Waals surface area contributed by atoms with Crippen molar-refractivity contribution in [2.45, 2.75) is 51.5 Å². The number of nitrogens with one attached hydrogen (secondary N) is 1. The van der Waals surface area contributed by atoms with Gasteiger partial charge in [0.05, 0.1) is 25.4 Å². The molecular formula is C17H24N2O4. The van der Waals surface area contributed by atoms with Crippen molar-refractivity contribution in [2.75, 3.05) is 18.5 Å². The fraction of sp³-hybridized carbons (Fsp3) is 0.588. The third kappa shape index (κ3) is 5.02. The van der Waals surface area contributed by atoms with Gasteiger partial charge < -0.3 is 24.6 Å². The van der Waals surface area contributed by atoms with E-state index < -0.39 is 11.3 Å². The first-order chi connectivity index (χ1) is 10.7. The molecule has 23 heavy (non-hydrogen) atoms. The van der Waals surface area contributed by atoms with Crippen molar-refractivity contribution in [1.29, 1.82) is 5.26 Å². The lowest BCUT2D eigenvalue weighted by molar-refractivity contribution is -0.139. The van der Waals surface area contributed by atoms with Crippen LogP contribution in [0.3, 0.4) is 0 Å². The Kier molecular flexibility index (Phi) is 5.03.